The zero-order valence-electron chi connectivity index (χ0n) is 20.6. The van der Waals surface area contributed by atoms with E-state index < -0.39 is 0 Å². The summed E-state index contributed by atoms with van der Waals surface area (Å²) in [7, 11) is 2.00. The highest BCUT2D eigenvalue weighted by atomic mass is 16.2. The Hall–Kier alpha value is -3.20. The highest BCUT2D eigenvalue weighted by Gasteiger charge is 2.30. The summed E-state index contributed by atoms with van der Waals surface area (Å²) >= 11 is 0. The lowest BCUT2D eigenvalue weighted by atomic mass is 9.71. The molecule has 0 atom stereocenters. The van der Waals surface area contributed by atoms with Gasteiger partial charge in [-0.05, 0) is 41.2 Å². The fourth-order valence-electron chi connectivity index (χ4n) is 3.83. The van der Waals surface area contributed by atoms with E-state index in [4.69, 9.17) is 10.2 Å². The predicted octanol–water partition coefficient (Wildman–Crippen LogP) is 6.87. The number of rotatable bonds is 5. The van der Waals surface area contributed by atoms with E-state index in [9.17, 15) is 0 Å². The van der Waals surface area contributed by atoms with Gasteiger partial charge >= 0.3 is 0 Å². The Morgan fingerprint density at radius 1 is 0.455 bits per heavy atom. The average molecular weight is 443 g/mol. The van der Waals surface area contributed by atoms with Crippen molar-refractivity contribution in [2.75, 3.05) is 14.2 Å². The second-order valence-electron chi connectivity index (χ2n) is 7.22. The molecule has 2 nitrogen and oxygen atoms in total. The van der Waals surface area contributed by atoms with Gasteiger partial charge in [0, 0.05) is 19.6 Å². The minimum atomic E-state index is -0.173. The molecule has 0 radical (unpaired) electrons. The highest BCUT2D eigenvalue weighted by molar-refractivity contribution is 5.49. The Morgan fingerprint density at radius 3 is 1.15 bits per heavy atom. The molecule has 0 saturated heterocycles. The maximum Gasteiger partial charge on any atom is 0.0423 e. The molecule has 0 aliphatic heterocycles. The molecule has 0 aromatic heterocycles. The van der Waals surface area contributed by atoms with Gasteiger partial charge in [0.15, 0.2) is 0 Å². The Bertz CT molecular complexity index is 940. The second kappa shape index (κ2) is 15.6. The summed E-state index contributed by atoms with van der Waals surface area (Å²) in [5, 5.41) is 14.0. The molecule has 0 bridgehead atoms. The summed E-state index contributed by atoms with van der Waals surface area (Å²) in [4.78, 5) is 0. The monoisotopic (exact) mass is 442 g/mol. The Balaban J connectivity index is 0.000000841. The van der Waals surface area contributed by atoms with Gasteiger partial charge in [0.2, 0.25) is 0 Å². The van der Waals surface area contributed by atoms with E-state index in [0.29, 0.717) is 0 Å². The number of benzene rings is 4. The van der Waals surface area contributed by atoms with E-state index in [2.05, 4.69) is 122 Å². The molecule has 33 heavy (non-hydrogen) atoms. The fraction of sp³-hybridized carbons (Fsp3) is 0.226. The van der Waals surface area contributed by atoms with Crippen LogP contribution in [0.2, 0.25) is 0 Å². The molecule has 0 heterocycles. The van der Waals surface area contributed by atoms with Crippen molar-refractivity contribution in [3.8, 4) is 0 Å². The zero-order chi connectivity index (χ0) is 24.5. The maximum absolute atomic E-state index is 7.00. The first-order valence-electron chi connectivity index (χ1n) is 11.4. The number of aliphatic hydroxyl groups is 2. The van der Waals surface area contributed by atoms with Crippen LogP contribution in [-0.4, -0.2) is 24.4 Å². The lowest BCUT2D eigenvalue weighted by Crippen LogP contribution is -2.25. The van der Waals surface area contributed by atoms with Gasteiger partial charge in [-0.2, -0.15) is 0 Å². The molecule has 174 valence electrons. The van der Waals surface area contributed by atoms with Crippen molar-refractivity contribution < 1.29 is 10.2 Å². The third-order valence-corrected chi connectivity index (χ3v) is 5.48. The van der Waals surface area contributed by atoms with E-state index in [0.717, 1.165) is 20.6 Å². The molecule has 4 rings (SSSR count). The standard InChI is InChI=1S/C27H24.C2H6.2CH4O/c1-27(24-13-7-3-8-14-24,25-15-9-4-10-16-25)26-19-17-23(18-20-26)21-22-11-5-2-6-12-22;3*1-2/h2-20H,21H2,1H3;1-2H3;2*2H,1H3. The highest BCUT2D eigenvalue weighted by Crippen LogP contribution is 2.38. The van der Waals surface area contributed by atoms with Crippen LogP contribution in [0.15, 0.2) is 115 Å². The lowest BCUT2D eigenvalue weighted by molar-refractivity contribution is 0.399. The number of hydrogen-bond acceptors (Lipinski definition) is 2. The lowest BCUT2D eigenvalue weighted by Gasteiger charge is -2.32. The van der Waals surface area contributed by atoms with E-state index >= 15 is 0 Å². The topological polar surface area (TPSA) is 40.5 Å². The first-order chi connectivity index (χ1) is 16.3. The molecule has 0 aliphatic rings. The summed E-state index contributed by atoms with van der Waals surface area (Å²) in [6.45, 7) is 6.32. The minimum Gasteiger partial charge on any atom is -0.400 e. The van der Waals surface area contributed by atoms with Crippen molar-refractivity contribution in [3.63, 3.8) is 0 Å². The normalized spacial score (nSPS) is 9.79. The van der Waals surface area contributed by atoms with Crippen LogP contribution in [0.5, 0.6) is 0 Å². The largest absolute Gasteiger partial charge is 0.400 e. The first-order valence-corrected chi connectivity index (χ1v) is 11.4. The Labute approximate surface area is 200 Å². The van der Waals surface area contributed by atoms with Gasteiger partial charge < -0.3 is 10.2 Å². The van der Waals surface area contributed by atoms with Crippen LogP contribution >= 0.6 is 0 Å². The van der Waals surface area contributed by atoms with Crippen molar-refractivity contribution >= 4 is 0 Å². The van der Waals surface area contributed by atoms with Crippen molar-refractivity contribution in [3.05, 3.63) is 143 Å². The van der Waals surface area contributed by atoms with Crippen LogP contribution < -0.4 is 0 Å². The van der Waals surface area contributed by atoms with E-state index in [1.54, 1.807) is 0 Å². The third-order valence-electron chi connectivity index (χ3n) is 5.48. The van der Waals surface area contributed by atoms with Crippen LogP contribution in [0.4, 0.5) is 0 Å². The van der Waals surface area contributed by atoms with Crippen LogP contribution in [-0.2, 0) is 11.8 Å². The van der Waals surface area contributed by atoms with Gasteiger partial charge in [-0.15, -0.1) is 0 Å². The summed E-state index contributed by atoms with van der Waals surface area (Å²) in [6.07, 6.45) is 0.967. The molecule has 0 spiro atoms. The van der Waals surface area contributed by atoms with Crippen molar-refractivity contribution in [2.45, 2.75) is 32.6 Å². The summed E-state index contributed by atoms with van der Waals surface area (Å²) in [6, 6.07) is 41.3. The average Bonchev–Trinajstić information content (AvgIpc) is 2.93. The molecule has 4 aromatic rings. The Morgan fingerprint density at radius 2 is 0.758 bits per heavy atom. The van der Waals surface area contributed by atoms with Gasteiger partial charge in [-0.1, -0.05) is 129 Å². The quantitative estimate of drug-likeness (QED) is 0.331. The maximum atomic E-state index is 7.00. The van der Waals surface area contributed by atoms with Gasteiger partial charge in [0.1, 0.15) is 0 Å². The van der Waals surface area contributed by atoms with Crippen LogP contribution in [0.3, 0.4) is 0 Å². The van der Waals surface area contributed by atoms with Crippen LogP contribution in [0, 0.1) is 0 Å². The zero-order valence-corrected chi connectivity index (χ0v) is 20.6. The van der Waals surface area contributed by atoms with Crippen molar-refractivity contribution in [2.24, 2.45) is 0 Å². The molecule has 0 unspecified atom stereocenters. The van der Waals surface area contributed by atoms with E-state index in [1.165, 1.54) is 27.8 Å². The molecule has 2 heteroatoms. The smallest absolute Gasteiger partial charge is 0.0423 e. The molecule has 2 N–H and O–H groups in total. The molecular formula is C31H38O2. The molecule has 0 saturated carbocycles. The molecule has 4 aromatic carbocycles. The van der Waals surface area contributed by atoms with E-state index in [-0.39, 0.29) is 5.41 Å². The van der Waals surface area contributed by atoms with Gasteiger partial charge in [0.25, 0.3) is 0 Å². The Kier molecular flexibility index (Phi) is 13.1. The predicted molar refractivity (Wildman–Crippen MR) is 142 cm³/mol. The van der Waals surface area contributed by atoms with Gasteiger partial charge in [-0.25, -0.2) is 0 Å². The SMILES string of the molecule is CC.CC(c1ccccc1)(c1ccccc1)c1ccc(Cc2ccccc2)cc1.CO.CO. The third kappa shape index (κ3) is 7.42. The first kappa shape index (κ1) is 27.8. The molecule has 0 aliphatic carbocycles. The van der Waals surface area contributed by atoms with Crippen molar-refractivity contribution in [1.82, 2.24) is 0 Å². The van der Waals surface area contributed by atoms with Gasteiger partial charge in [-0.3, -0.25) is 0 Å². The molecule has 0 amide bonds. The minimum absolute atomic E-state index is 0.173. The second-order valence-corrected chi connectivity index (χ2v) is 7.22. The number of aliphatic hydroxyl groups excluding tert-OH is 2. The molecular weight excluding hydrogens is 404 g/mol. The van der Waals surface area contributed by atoms with Gasteiger partial charge in [0.05, 0.1) is 0 Å². The summed E-state index contributed by atoms with van der Waals surface area (Å²) in [5.74, 6) is 0. The summed E-state index contributed by atoms with van der Waals surface area (Å²) in [5.41, 5.74) is 6.46. The fourth-order valence-corrected chi connectivity index (χ4v) is 3.83. The van der Waals surface area contributed by atoms with E-state index in [1.807, 2.05) is 13.8 Å². The molecule has 0 fully saturated rings. The van der Waals surface area contributed by atoms with Crippen molar-refractivity contribution in [1.29, 1.82) is 0 Å². The van der Waals surface area contributed by atoms with Crippen LogP contribution in [0.1, 0.15) is 48.6 Å². The number of hydrogen-bond donors (Lipinski definition) is 2. The summed E-state index contributed by atoms with van der Waals surface area (Å²) < 4.78 is 0. The van der Waals surface area contributed by atoms with Crippen LogP contribution in [0.25, 0.3) is 0 Å².